The van der Waals surface area contributed by atoms with Gasteiger partial charge in [0.2, 0.25) is 0 Å². The summed E-state index contributed by atoms with van der Waals surface area (Å²) in [6, 6.07) is 7.71. The Hall–Kier alpha value is -0.159. The molecule has 0 heterocycles. The van der Waals surface area contributed by atoms with Gasteiger partial charge in [-0.15, -0.1) is 0 Å². The summed E-state index contributed by atoms with van der Waals surface area (Å²) in [5.41, 5.74) is 1.11. The zero-order valence-corrected chi connectivity index (χ0v) is 15.4. The molecular formula is C16H24NdO3. The molecule has 0 aromatic heterocycles. The van der Waals surface area contributed by atoms with Crippen LogP contribution in [0.3, 0.4) is 0 Å². The average Bonchev–Trinajstić information content (AvgIpc) is 2.41. The number of ether oxygens (including phenoxy) is 1. The van der Waals surface area contributed by atoms with Crippen LogP contribution < -0.4 is 4.74 Å². The zero-order chi connectivity index (χ0) is 13.9. The number of carboxylic acid groups (broad SMARTS) is 1. The number of hydrogen-bond acceptors (Lipinski definition) is 2. The molecule has 0 amide bonds. The normalized spacial score (nSPS) is 9.85. The molecule has 110 valence electrons. The summed E-state index contributed by atoms with van der Waals surface area (Å²) in [7, 11) is 0. The Labute approximate surface area is 154 Å². The maximum atomic E-state index is 10.5. The first-order chi connectivity index (χ1) is 9.24. The van der Waals surface area contributed by atoms with Crippen molar-refractivity contribution in [3.8, 4) is 5.75 Å². The van der Waals surface area contributed by atoms with Crippen LogP contribution >= 0.6 is 0 Å². The molecule has 0 aliphatic rings. The summed E-state index contributed by atoms with van der Waals surface area (Å²) in [6.07, 6.45) is 8.51. The van der Waals surface area contributed by atoms with Crippen LogP contribution in [-0.2, 0) is 11.2 Å². The van der Waals surface area contributed by atoms with Crippen LogP contribution in [0.2, 0.25) is 0 Å². The van der Waals surface area contributed by atoms with Gasteiger partial charge in [-0.1, -0.05) is 57.2 Å². The second-order valence-corrected chi connectivity index (χ2v) is 4.81. The molecule has 3 nitrogen and oxygen atoms in total. The van der Waals surface area contributed by atoms with E-state index in [1.165, 1.54) is 32.1 Å². The van der Waals surface area contributed by atoms with E-state index >= 15 is 0 Å². The quantitative estimate of drug-likeness (QED) is 0.594. The molecule has 0 spiro atoms. The molecule has 0 unspecified atom stereocenters. The van der Waals surface area contributed by atoms with Crippen molar-refractivity contribution in [2.75, 3.05) is 6.61 Å². The summed E-state index contributed by atoms with van der Waals surface area (Å²) in [6.45, 7) is 1.95. The topological polar surface area (TPSA) is 46.5 Å². The molecule has 1 aromatic carbocycles. The van der Waals surface area contributed by atoms with Gasteiger partial charge in [-0.3, -0.25) is 0 Å². The number of carbonyl (C=O) groups is 1. The van der Waals surface area contributed by atoms with Crippen molar-refractivity contribution in [1.29, 1.82) is 0 Å². The fourth-order valence-electron chi connectivity index (χ4n) is 2.09. The number of rotatable bonds is 10. The number of para-hydroxylation sites is 1. The van der Waals surface area contributed by atoms with Gasteiger partial charge in [0.15, 0.2) is 6.61 Å². The van der Waals surface area contributed by atoms with Gasteiger partial charge in [0.25, 0.3) is 0 Å². The van der Waals surface area contributed by atoms with Crippen LogP contribution in [0.4, 0.5) is 0 Å². The number of unbranched alkanes of at least 4 members (excludes halogenated alkanes) is 5. The standard InChI is InChI=1S/C16H24O3.Nd/c1-2-3-4-5-6-7-10-14-11-8-9-12-15(14)19-13-16(17)18;/h8-9,11-12H,2-7,10,13H2,1H3,(H,17,18);. The third-order valence-electron chi connectivity index (χ3n) is 3.12. The van der Waals surface area contributed by atoms with Gasteiger partial charge < -0.3 is 9.84 Å². The molecule has 0 saturated carbocycles. The molecule has 0 atom stereocenters. The molecule has 1 aromatic rings. The van der Waals surface area contributed by atoms with Gasteiger partial charge >= 0.3 is 5.97 Å². The van der Waals surface area contributed by atoms with E-state index in [9.17, 15) is 4.79 Å². The van der Waals surface area contributed by atoms with Crippen molar-refractivity contribution in [2.24, 2.45) is 0 Å². The minimum atomic E-state index is -0.936. The van der Waals surface area contributed by atoms with Gasteiger partial charge in [-0.25, -0.2) is 4.79 Å². The maximum Gasteiger partial charge on any atom is 0.341 e. The number of aryl methyl sites for hydroxylation is 1. The van der Waals surface area contributed by atoms with E-state index < -0.39 is 5.97 Å². The Morgan fingerprint density at radius 3 is 2.45 bits per heavy atom. The number of hydrogen-bond donors (Lipinski definition) is 1. The van der Waals surface area contributed by atoms with Crippen molar-refractivity contribution in [2.45, 2.75) is 51.9 Å². The van der Waals surface area contributed by atoms with Crippen LogP contribution in [0, 0.1) is 40.8 Å². The van der Waals surface area contributed by atoms with E-state index in [1.807, 2.05) is 24.3 Å². The molecule has 1 N–H and O–H groups in total. The predicted molar refractivity (Wildman–Crippen MR) is 76.7 cm³/mol. The van der Waals surface area contributed by atoms with Gasteiger partial charge in [0.1, 0.15) is 5.75 Å². The van der Waals surface area contributed by atoms with Crippen molar-refractivity contribution >= 4 is 5.97 Å². The van der Waals surface area contributed by atoms with Crippen molar-refractivity contribution in [3.63, 3.8) is 0 Å². The van der Waals surface area contributed by atoms with E-state index in [0.717, 1.165) is 18.4 Å². The molecule has 4 heteroatoms. The number of aliphatic carboxylic acids is 1. The summed E-state index contributed by atoms with van der Waals surface area (Å²) in [5, 5.41) is 8.64. The molecular weight excluding hydrogens is 384 g/mol. The van der Waals surface area contributed by atoms with Crippen molar-refractivity contribution in [3.05, 3.63) is 29.8 Å². The van der Waals surface area contributed by atoms with Crippen molar-refractivity contribution in [1.82, 2.24) is 0 Å². The SMILES string of the molecule is CCCCCCCCc1ccccc1OCC(=O)O.[Nd]. The van der Waals surface area contributed by atoms with E-state index in [-0.39, 0.29) is 47.4 Å². The Bertz CT molecular complexity index is 380. The molecule has 20 heavy (non-hydrogen) atoms. The fraction of sp³-hybridized carbons (Fsp3) is 0.562. The predicted octanol–water partition coefficient (Wildman–Crippen LogP) is 4.05. The van der Waals surface area contributed by atoms with Gasteiger partial charge in [0, 0.05) is 40.8 Å². The first-order valence-electron chi connectivity index (χ1n) is 7.16. The van der Waals surface area contributed by atoms with Crippen LogP contribution in [0.25, 0.3) is 0 Å². The summed E-state index contributed by atoms with van der Waals surface area (Å²) in [4.78, 5) is 10.5. The van der Waals surface area contributed by atoms with Crippen LogP contribution in [-0.4, -0.2) is 17.7 Å². The molecule has 0 bridgehead atoms. The third-order valence-corrected chi connectivity index (χ3v) is 3.12. The largest absolute Gasteiger partial charge is 0.482 e. The molecule has 0 fully saturated rings. The van der Waals surface area contributed by atoms with Crippen LogP contribution in [0.5, 0.6) is 5.75 Å². The van der Waals surface area contributed by atoms with E-state index in [1.54, 1.807) is 0 Å². The van der Waals surface area contributed by atoms with E-state index in [2.05, 4.69) is 6.92 Å². The molecule has 0 aliphatic carbocycles. The van der Waals surface area contributed by atoms with Crippen LogP contribution in [0.1, 0.15) is 51.0 Å². The molecule has 1 rings (SSSR count). The Morgan fingerprint density at radius 1 is 1.10 bits per heavy atom. The number of carboxylic acids is 1. The number of benzene rings is 1. The zero-order valence-electron chi connectivity index (χ0n) is 12.2. The summed E-state index contributed by atoms with van der Waals surface area (Å²) >= 11 is 0. The fourth-order valence-corrected chi connectivity index (χ4v) is 2.09. The molecule has 0 saturated heterocycles. The van der Waals surface area contributed by atoms with Gasteiger partial charge in [0.05, 0.1) is 0 Å². The first-order valence-corrected chi connectivity index (χ1v) is 7.16. The van der Waals surface area contributed by atoms with Crippen molar-refractivity contribution < 1.29 is 55.5 Å². The van der Waals surface area contributed by atoms with E-state index in [0.29, 0.717) is 5.75 Å². The minimum absolute atomic E-state index is 0. The molecule has 0 aliphatic heterocycles. The van der Waals surface area contributed by atoms with Gasteiger partial charge in [-0.05, 0) is 24.5 Å². The monoisotopic (exact) mass is 406 g/mol. The summed E-state index contributed by atoms with van der Waals surface area (Å²) < 4.78 is 5.29. The Morgan fingerprint density at radius 2 is 1.75 bits per heavy atom. The average molecular weight is 409 g/mol. The molecule has 0 radical (unpaired) electrons. The second-order valence-electron chi connectivity index (χ2n) is 4.81. The second kappa shape index (κ2) is 12.6. The van der Waals surface area contributed by atoms with E-state index in [4.69, 9.17) is 9.84 Å². The third kappa shape index (κ3) is 8.90. The smallest absolute Gasteiger partial charge is 0.341 e. The Balaban J connectivity index is 0.00000361. The first kappa shape index (κ1) is 19.8. The van der Waals surface area contributed by atoms with Gasteiger partial charge in [-0.2, -0.15) is 0 Å². The summed E-state index contributed by atoms with van der Waals surface area (Å²) in [5.74, 6) is -0.229. The van der Waals surface area contributed by atoms with Crippen LogP contribution in [0.15, 0.2) is 24.3 Å². The Kier molecular flexibility index (Phi) is 12.5. The maximum absolute atomic E-state index is 10.5. The minimum Gasteiger partial charge on any atom is -0.482 e.